The fraction of sp³-hybridized carbons (Fsp3) is 0.111. The second-order valence-corrected chi connectivity index (χ2v) is 2.88. The van der Waals surface area contributed by atoms with E-state index in [0.717, 1.165) is 5.56 Å². The Morgan fingerprint density at radius 1 is 1.47 bits per heavy atom. The number of benzene rings is 1. The molecule has 74 valence electrons. The number of aliphatic imine (C=N–C) groups is 1. The zero-order valence-electron chi connectivity index (χ0n) is 7.95. The minimum atomic E-state index is 0.533. The maximum atomic E-state index is 10.1. The Morgan fingerprint density at radius 3 is 3.00 bits per heavy atom. The van der Waals surface area contributed by atoms with Gasteiger partial charge in [-0.15, -0.1) is 5.10 Å². The van der Waals surface area contributed by atoms with Crippen molar-refractivity contribution in [2.75, 3.05) is 0 Å². The number of hydrogen-bond acceptors (Lipinski definition) is 5. The van der Waals surface area contributed by atoms with Crippen LogP contribution in [0.4, 0.5) is 5.69 Å². The average Bonchev–Trinajstić information content (AvgIpc) is 2.65. The lowest BCUT2D eigenvalue weighted by atomic mass is 10.2. The van der Waals surface area contributed by atoms with E-state index >= 15 is 0 Å². The molecular formula is C9H7N5O. The van der Waals surface area contributed by atoms with Crippen molar-refractivity contribution in [2.24, 2.45) is 12.0 Å². The monoisotopic (exact) mass is 201 g/mol. The number of rotatable bonds is 2. The standard InChI is InChI=1S/C9H7N5O/c1-14-9(11-12-13-14)7-3-2-4-8(5-7)10-6-15/h2-5H,1H3. The second kappa shape index (κ2) is 3.81. The third-order valence-corrected chi connectivity index (χ3v) is 1.90. The van der Waals surface area contributed by atoms with Crippen LogP contribution in [-0.4, -0.2) is 26.3 Å². The summed E-state index contributed by atoms with van der Waals surface area (Å²) in [6.07, 6.45) is 1.49. The van der Waals surface area contributed by atoms with Gasteiger partial charge >= 0.3 is 0 Å². The van der Waals surface area contributed by atoms with E-state index in [9.17, 15) is 4.79 Å². The summed E-state index contributed by atoms with van der Waals surface area (Å²) in [6, 6.07) is 7.05. The van der Waals surface area contributed by atoms with E-state index < -0.39 is 0 Å². The van der Waals surface area contributed by atoms with Crippen LogP contribution in [0.5, 0.6) is 0 Å². The number of isocyanates is 1. The molecule has 0 N–H and O–H groups in total. The molecule has 0 aliphatic heterocycles. The summed E-state index contributed by atoms with van der Waals surface area (Å²) in [5, 5.41) is 11.1. The summed E-state index contributed by atoms with van der Waals surface area (Å²) in [5.74, 6) is 0.623. The van der Waals surface area contributed by atoms with Crippen molar-refractivity contribution in [3.05, 3.63) is 24.3 Å². The maximum absolute atomic E-state index is 10.1. The zero-order chi connectivity index (χ0) is 10.7. The molecule has 1 heterocycles. The normalized spacial score (nSPS) is 9.67. The second-order valence-electron chi connectivity index (χ2n) is 2.88. The Hall–Kier alpha value is -2.33. The first kappa shape index (κ1) is 9.23. The molecule has 6 heteroatoms. The van der Waals surface area contributed by atoms with Crippen LogP contribution in [0.15, 0.2) is 29.3 Å². The molecule has 2 aromatic rings. The van der Waals surface area contributed by atoms with Gasteiger partial charge in [0.25, 0.3) is 0 Å². The zero-order valence-corrected chi connectivity index (χ0v) is 7.95. The molecule has 1 aromatic heterocycles. The lowest BCUT2D eigenvalue weighted by Crippen LogP contribution is -1.94. The first-order valence-electron chi connectivity index (χ1n) is 4.22. The Morgan fingerprint density at radius 2 is 2.33 bits per heavy atom. The van der Waals surface area contributed by atoms with E-state index in [1.807, 2.05) is 6.07 Å². The quantitative estimate of drug-likeness (QED) is 0.533. The largest absolute Gasteiger partial charge is 0.240 e. The summed E-state index contributed by atoms with van der Waals surface area (Å²) in [7, 11) is 1.74. The number of aromatic nitrogens is 4. The molecule has 0 saturated heterocycles. The van der Waals surface area contributed by atoms with Crippen molar-refractivity contribution in [3.8, 4) is 11.4 Å². The SMILES string of the molecule is Cn1nnnc1-c1cccc(N=C=O)c1. The van der Waals surface area contributed by atoms with Crippen molar-refractivity contribution in [1.29, 1.82) is 0 Å². The number of aryl methyl sites for hydroxylation is 1. The molecule has 2 rings (SSSR count). The summed E-state index contributed by atoms with van der Waals surface area (Å²) >= 11 is 0. The van der Waals surface area contributed by atoms with Crippen molar-refractivity contribution in [1.82, 2.24) is 20.2 Å². The number of tetrazole rings is 1. The molecule has 0 saturated carbocycles. The van der Waals surface area contributed by atoms with Gasteiger partial charge in [0, 0.05) is 12.6 Å². The van der Waals surface area contributed by atoms with E-state index in [1.165, 1.54) is 6.08 Å². The predicted octanol–water partition coefficient (Wildman–Crippen LogP) is 0.844. The predicted molar refractivity (Wildman–Crippen MR) is 52.0 cm³/mol. The number of carbonyl (C=O) groups excluding carboxylic acids is 1. The molecule has 0 fully saturated rings. The molecule has 1 aromatic carbocycles. The Bertz CT molecular complexity index is 527. The highest BCUT2D eigenvalue weighted by Gasteiger charge is 2.05. The topological polar surface area (TPSA) is 73.0 Å². The summed E-state index contributed by atoms with van der Waals surface area (Å²) < 4.78 is 1.55. The lowest BCUT2D eigenvalue weighted by molar-refractivity contribution is 0.565. The van der Waals surface area contributed by atoms with Gasteiger partial charge in [0.1, 0.15) is 0 Å². The van der Waals surface area contributed by atoms with Gasteiger partial charge in [-0.1, -0.05) is 12.1 Å². The van der Waals surface area contributed by atoms with Crippen LogP contribution in [0.3, 0.4) is 0 Å². The maximum Gasteiger partial charge on any atom is 0.240 e. The van der Waals surface area contributed by atoms with E-state index in [0.29, 0.717) is 11.5 Å². The minimum Gasteiger partial charge on any atom is -0.229 e. The Kier molecular flexibility index (Phi) is 2.35. The van der Waals surface area contributed by atoms with E-state index in [-0.39, 0.29) is 0 Å². The van der Waals surface area contributed by atoms with Gasteiger partial charge in [0.05, 0.1) is 5.69 Å². The van der Waals surface area contributed by atoms with Crippen LogP contribution >= 0.6 is 0 Å². The molecule has 0 radical (unpaired) electrons. The smallest absolute Gasteiger partial charge is 0.229 e. The van der Waals surface area contributed by atoms with Crippen molar-refractivity contribution in [2.45, 2.75) is 0 Å². The highest BCUT2D eigenvalue weighted by atomic mass is 16.1. The first-order valence-corrected chi connectivity index (χ1v) is 4.22. The first-order chi connectivity index (χ1) is 7.31. The molecule has 0 unspecified atom stereocenters. The van der Waals surface area contributed by atoms with Gasteiger partial charge in [0.15, 0.2) is 5.82 Å². The average molecular weight is 201 g/mol. The highest BCUT2D eigenvalue weighted by molar-refractivity contribution is 5.62. The molecule has 15 heavy (non-hydrogen) atoms. The number of nitrogens with zero attached hydrogens (tertiary/aromatic N) is 5. The summed E-state index contributed by atoms with van der Waals surface area (Å²) in [6.45, 7) is 0. The lowest BCUT2D eigenvalue weighted by Gasteiger charge is -1.98. The van der Waals surface area contributed by atoms with Gasteiger partial charge in [-0.3, -0.25) is 0 Å². The van der Waals surface area contributed by atoms with E-state index in [4.69, 9.17) is 0 Å². The summed E-state index contributed by atoms with van der Waals surface area (Å²) in [5.41, 5.74) is 1.34. The van der Waals surface area contributed by atoms with Gasteiger partial charge in [-0.05, 0) is 22.6 Å². The number of hydrogen-bond donors (Lipinski definition) is 0. The van der Waals surface area contributed by atoms with E-state index in [2.05, 4.69) is 20.5 Å². The van der Waals surface area contributed by atoms with Crippen LogP contribution in [-0.2, 0) is 11.8 Å². The molecule has 0 spiro atoms. The van der Waals surface area contributed by atoms with Crippen LogP contribution in [0.2, 0.25) is 0 Å². The Labute approximate surface area is 85.3 Å². The van der Waals surface area contributed by atoms with Gasteiger partial charge in [-0.25, -0.2) is 9.48 Å². The molecule has 6 nitrogen and oxygen atoms in total. The highest BCUT2D eigenvalue weighted by Crippen LogP contribution is 2.20. The van der Waals surface area contributed by atoms with Crippen molar-refractivity contribution >= 4 is 11.8 Å². The molecular weight excluding hydrogens is 194 g/mol. The van der Waals surface area contributed by atoms with E-state index in [1.54, 1.807) is 29.9 Å². The molecule has 0 bridgehead atoms. The van der Waals surface area contributed by atoms with Crippen molar-refractivity contribution < 1.29 is 4.79 Å². The van der Waals surface area contributed by atoms with Crippen LogP contribution in [0, 0.1) is 0 Å². The van der Waals surface area contributed by atoms with Crippen molar-refractivity contribution in [3.63, 3.8) is 0 Å². The Balaban J connectivity index is 2.50. The fourth-order valence-electron chi connectivity index (χ4n) is 1.24. The van der Waals surface area contributed by atoms with Crippen LogP contribution in [0.25, 0.3) is 11.4 Å². The molecule has 0 amide bonds. The van der Waals surface area contributed by atoms with Crippen LogP contribution < -0.4 is 0 Å². The fourth-order valence-corrected chi connectivity index (χ4v) is 1.24. The molecule has 0 aliphatic carbocycles. The van der Waals surface area contributed by atoms with Crippen LogP contribution in [0.1, 0.15) is 0 Å². The molecule has 0 atom stereocenters. The van der Waals surface area contributed by atoms with Gasteiger partial charge in [0.2, 0.25) is 6.08 Å². The van der Waals surface area contributed by atoms with Gasteiger partial charge in [-0.2, -0.15) is 4.99 Å². The third-order valence-electron chi connectivity index (χ3n) is 1.90. The summed E-state index contributed by atoms with van der Waals surface area (Å²) in [4.78, 5) is 13.6. The molecule has 0 aliphatic rings. The third kappa shape index (κ3) is 1.79. The van der Waals surface area contributed by atoms with Gasteiger partial charge < -0.3 is 0 Å². The minimum absolute atomic E-state index is 0.533.